The first-order chi connectivity index (χ1) is 8.70. The predicted molar refractivity (Wildman–Crippen MR) is 68.9 cm³/mol. The van der Waals surface area contributed by atoms with Crippen LogP contribution in [0.3, 0.4) is 0 Å². The second-order valence-corrected chi connectivity index (χ2v) is 6.42. The molecule has 2 saturated heterocycles. The predicted octanol–water partition coefficient (Wildman–Crippen LogP) is 3.18. The Morgan fingerprint density at radius 3 is 2.61 bits per heavy atom. The Morgan fingerprint density at radius 2 is 1.83 bits per heavy atom. The summed E-state index contributed by atoms with van der Waals surface area (Å²) >= 11 is 0. The van der Waals surface area contributed by atoms with Crippen molar-refractivity contribution in [3.63, 3.8) is 0 Å². The van der Waals surface area contributed by atoms with E-state index in [1.165, 1.54) is 32.1 Å². The van der Waals surface area contributed by atoms with E-state index in [-0.39, 0.29) is 12.6 Å². The smallest absolute Gasteiger partial charge is 0.164 e. The normalized spacial score (nSPS) is 52.5. The van der Waals surface area contributed by atoms with Crippen LogP contribution in [0.2, 0.25) is 0 Å². The summed E-state index contributed by atoms with van der Waals surface area (Å²) < 4.78 is 17.7. The maximum absolute atomic E-state index is 6.13. The molecule has 104 valence electrons. The molecule has 2 heterocycles. The van der Waals surface area contributed by atoms with Crippen molar-refractivity contribution in [3.05, 3.63) is 0 Å². The van der Waals surface area contributed by atoms with Crippen LogP contribution in [0.5, 0.6) is 0 Å². The summed E-state index contributed by atoms with van der Waals surface area (Å²) in [5.74, 6) is 2.62. The molecule has 0 bridgehead atoms. The highest BCUT2D eigenvalue weighted by Gasteiger charge is 2.50. The lowest BCUT2D eigenvalue weighted by molar-refractivity contribution is -0.326. The molecular formula is C15H26O3. The van der Waals surface area contributed by atoms with Crippen LogP contribution >= 0.6 is 0 Å². The highest BCUT2D eigenvalue weighted by Crippen LogP contribution is 2.50. The van der Waals surface area contributed by atoms with E-state index in [9.17, 15) is 0 Å². The molecule has 3 fully saturated rings. The summed E-state index contributed by atoms with van der Waals surface area (Å²) in [6.45, 7) is 4.46. The lowest BCUT2D eigenvalue weighted by atomic mass is 9.65. The Labute approximate surface area is 110 Å². The minimum absolute atomic E-state index is 0.0288. The molecule has 7 atom stereocenters. The molecular weight excluding hydrogens is 228 g/mol. The molecule has 0 aromatic rings. The number of rotatable bonds is 1. The van der Waals surface area contributed by atoms with Gasteiger partial charge in [-0.1, -0.05) is 13.3 Å². The van der Waals surface area contributed by atoms with Gasteiger partial charge in [-0.3, -0.25) is 0 Å². The number of hydrogen-bond acceptors (Lipinski definition) is 3. The third-order valence-corrected chi connectivity index (χ3v) is 5.38. The molecule has 1 aliphatic carbocycles. The zero-order chi connectivity index (χ0) is 12.7. The molecule has 18 heavy (non-hydrogen) atoms. The standard InChI is InChI=1S/C15H26O3/c1-9-7-8-11-5-4-6-12-10(2)14(16-3)18-15(17-9)13(11)12/h9-15H,4-8H2,1-3H3/t9?,10?,11?,12-,13?,14?,15-/m0/s1. The number of hydrogen-bond donors (Lipinski definition) is 0. The molecule has 3 rings (SSSR count). The van der Waals surface area contributed by atoms with Crippen molar-refractivity contribution >= 4 is 0 Å². The molecule has 0 spiro atoms. The molecule has 0 radical (unpaired) electrons. The van der Waals surface area contributed by atoms with Crippen LogP contribution < -0.4 is 0 Å². The van der Waals surface area contributed by atoms with E-state index < -0.39 is 0 Å². The average Bonchev–Trinajstić information content (AvgIpc) is 2.54. The molecule has 0 amide bonds. The molecule has 5 unspecified atom stereocenters. The molecule has 0 aromatic carbocycles. The largest absolute Gasteiger partial charge is 0.355 e. The Hall–Kier alpha value is -0.120. The fraction of sp³-hybridized carbons (Fsp3) is 1.00. The lowest BCUT2D eigenvalue weighted by Crippen LogP contribution is -2.52. The van der Waals surface area contributed by atoms with Crippen LogP contribution in [0.25, 0.3) is 0 Å². The van der Waals surface area contributed by atoms with E-state index in [1.54, 1.807) is 7.11 Å². The van der Waals surface area contributed by atoms with Gasteiger partial charge in [-0.2, -0.15) is 0 Å². The summed E-state index contributed by atoms with van der Waals surface area (Å²) in [4.78, 5) is 0. The summed E-state index contributed by atoms with van der Waals surface area (Å²) in [5.41, 5.74) is 0. The third kappa shape index (κ3) is 2.10. The van der Waals surface area contributed by atoms with Gasteiger partial charge in [0.1, 0.15) is 0 Å². The SMILES string of the molecule is COC1O[C@@H]2OC(C)CCC3CCC[C@@H](C1C)C32. The van der Waals surface area contributed by atoms with Gasteiger partial charge in [0.25, 0.3) is 0 Å². The van der Waals surface area contributed by atoms with Gasteiger partial charge in [-0.05, 0) is 44.4 Å². The van der Waals surface area contributed by atoms with Crippen molar-refractivity contribution in [1.82, 2.24) is 0 Å². The van der Waals surface area contributed by atoms with Crippen molar-refractivity contribution in [2.24, 2.45) is 23.7 Å². The van der Waals surface area contributed by atoms with Gasteiger partial charge in [0, 0.05) is 18.9 Å². The second kappa shape index (κ2) is 5.10. The van der Waals surface area contributed by atoms with Crippen LogP contribution in [0, 0.1) is 23.7 Å². The molecule has 0 N–H and O–H groups in total. The Balaban J connectivity index is 1.86. The van der Waals surface area contributed by atoms with E-state index in [4.69, 9.17) is 14.2 Å². The fourth-order valence-electron chi connectivity index (χ4n) is 4.41. The highest BCUT2D eigenvalue weighted by molar-refractivity contribution is 4.92. The van der Waals surface area contributed by atoms with Crippen LogP contribution in [-0.4, -0.2) is 25.8 Å². The van der Waals surface area contributed by atoms with Gasteiger partial charge in [-0.15, -0.1) is 0 Å². The van der Waals surface area contributed by atoms with Gasteiger partial charge in [0.05, 0.1) is 6.10 Å². The van der Waals surface area contributed by atoms with E-state index >= 15 is 0 Å². The van der Waals surface area contributed by atoms with E-state index in [0.717, 1.165) is 11.8 Å². The highest BCUT2D eigenvalue weighted by atomic mass is 16.8. The van der Waals surface area contributed by atoms with Crippen LogP contribution in [0.1, 0.15) is 46.0 Å². The van der Waals surface area contributed by atoms with Gasteiger partial charge in [0.2, 0.25) is 0 Å². The molecule has 1 saturated carbocycles. The van der Waals surface area contributed by atoms with Gasteiger partial charge >= 0.3 is 0 Å². The number of ether oxygens (including phenoxy) is 3. The second-order valence-electron chi connectivity index (χ2n) is 6.42. The zero-order valence-electron chi connectivity index (χ0n) is 11.8. The van der Waals surface area contributed by atoms with Gasteiger partial charge < -0.3 is 14.2 Å². The minimum Gasteiger partial charge on any atom is -0.355 e. The topological polar surface area (TPSA) is 27.7 Å². The molecule has 3 aliphatic rings. The van der Waals surface area contributed by atoms with Crippen molar-refractivity contribution in [1.29, 1.82) is 0 Å². The van der Waals surface area contributed by atoms with Crippen LogP contribution in [-0.2, 0) is 14.2 Å². The molecule has 3 nitrogen and oxygen atoms in total. The summed E-state index contributed by atoms with van der Waals surface area (Å²) in [6.07, 6.45) is 6.76. The van der Waals surface area contributed by atoms with Crippen molar-refractivity contribution in [2.45, 2.75) is 64.6 Å². The van der Waals surface area contributed by atoms with E-state index in [2.05, 4.69) is 13.8 Å². The van der Waals surface area contributed by atoms with E-state index in [0.29, 0.717) is 17.9 Å². The van der Waals surface area contributed by atoms with Crippen LogP contribution in [0.4, 0.5) is 0 Å². The number of methoxy groups -OCH3 is 1. The van der Waals surface area contributed by atoms with Crippen molar-refractivity contribution < 1.29 is 14.2 Å². The fourth-order valence-corrected chi connectivity index (χ4v) is 4.41. The first kappa shape index (κ1) is 12.9. The monoisotopic (exact) mass is 254 g/mol. The molecule has 2 aliphatic heterocycles. The Morgan fingerprint density at radius 1 is 1.00 bits per heavy atom. The van der Waals surface area contributed by atoms with Crippen molar-refractivity contribution in [3.8, 4) is 0 Å². The van der Waals surface area contributed by atoms with E-state index in [1.807, 2.05) is 0 Å². The summed E-state index contributed by atoms with van der Waals surface area (Å²) in [5, 5.41) is 0. The third-order valence-electron chi connectivity index (χ3n) is 5.38. The first-order valence-corrected chi connectivity index (χ1v) is 7.54. The van der Waals surface area contributed by atoms with Gasteiger partial charge in [0.15, 0.2) is 12.6 Å². The molecule has 0 aromatic heterocycles. The first-order valence-electron chi connectivity index (χ1n) is 7.54. The minimum atomic E-state index is -0.0831. The summed E-state index contributed by atoms with van der Waals surface area (Å²) in [6, 6.07) is 0. The zero-order valence-corrected chi connectivity index (χ0v) is 11.8. The maximum Gasteiger partial charge on any atom is 0.164 e. The van der Waals surface area contributed by atoms with Crippen molar-refractivity contribution in [2.75, 3.05) is 7.11 Å². The average molecular weight is 254 g/mol. The maximum atomic E-state index is 6.13. The summed E-state index contributed by atoms with van der Waals surface area (Å²) in [7, 11) is 1.75. The quantitative estimate of drug-likeness (QED) is 0.719. The Kier molecular flexibility index (Phi) is 3.65. The lowest BCUT2D eigenvalue weighted by Gasteiger charge is -2.49. The van der Waals surface area contributed by atoms with Gasteiger partial charge in [-0.25, -0.2) is 0 Å². The molecule has 3 heteroatoms. The van der Waals surface area contributed by atoms with Crippen LogP contribution in [0.15, 0.2) is 0 Å². The Bertz CT molecular complexity index is 293.